The van der Waals surface area contributed by atoms with Crippen molar-refractivity contribution < 1.29 is 43.5 Å². The molecule has 186 valence electrons. The van der Waals surface area contributed by atoms with Gasteiger partial charge in [-0.1, -0.05) is 18.0 Å². The highest BCUT2D eigenvalue weighted by Gasteiger charge is 2.62. The molecule has 0 radical (unpaired) electrons. The van der Waals surface area contributed by atoms with Crippen LogP contribution in [0.2, 0.25) is 5.02 Å². The average Bonchev–Trinajstić information content (AvgIpc) is 2.75. The van der Waals surface area contributed by atoms with Crippen molar-refractivity contribution in [2.75, 3.05) is 12.4 Å². The minimum Gasteiger partial charge on any atom is -0.490 e. The monoisotopic (exact) mass is 544 g/mol. The first-order chi connectivity index (χ1) is 15.7. The molecule has 34 heavy (non-hydrogen) atoms. The van der Waals surface area contributed by atoms with Gasteiger partial charge < -0.3 is 4.74 Å². The third kappa shape index (κ3) is 3.78. The molecule has 13 heteroatoms. The quantitative estimate of drug-likeness (QED) is 0.505. The van der Waals surface area contributed by atoms with Crippen molar-refractivity contribution in [3.05, 3.63) is 58.6 Å². The molecular weight excluding hydrogens is 527 g/mol. The first kappa shape index (κ1) is 25.2. The molecule has 2 aliphatic rings. The van der Waals surface area contributed by atoms with E-state index in [-0.39, 0.29) is 29.2 Å². The number of benzene rings is 2. The van der Waals surface area contributed by atoms with E-state index in [0.29, 0.717) is 0 Å². The SMILES string of the molecule is O=S(=O)(C[C@@H]1CCC[C@@]2(S(=O)(=O)c3ccc(Cl)cc3)c3c(F)ccc(F)c3OC[C@@H]12)C(F)(F)F. The number of halogens is 6. The molecule has 0 spiro atoms. The largest absolute Gasteiger partial charge is 0.497 e. The fourth-order valence-corrected chi connectivity index (χ4v) is 8.81. The van der Waals surface area contributed by atoms with Gasteiger partial charge in [-0.3, -0.25) is 0 Å². The van der Waals surface area contributed by atoms with Crippen molar-refractivity contribution in [2.45, 2.75) is 34.4 Å². The van der Waals surface area contributed by atoms with E-state index in [1.807, 2.05) is 0 Å². The average molecular weight is 545 g/mol. The molecule has 0 unspecified atom stereocenters. The van der Waals surface area contributed by atoms with Gasteiger partial charge in [0.15, 0.2) is 21.4 Å². The predicted molar refractivity (Wildman–Crippen MR) is 113 cm³/mol. The predicted octanol–water partition coefficient (Wildman–Crippen LogP) is 5.03. The highest BCUT2D eigenvalue weighted by molar-refractivity contribution is 7.92. The zero-order valence-electron chi connectivity index (χ0n) is 17.3. The molecule has 0 aromatic heterocycles. The van der Waals surface area contributed by atoms with E-state index < -0.39 is 77.1 Å². The lowest BCUT2D eigenvalue weighted by molar-refractivity contribution is -0.0445. The number of hydrogen-bond donors (Lipinski definition) is 0. The summed E-state index contributed by atoms with van der Waals surface area (Å²) in [7, 11) is -10.2. The molecule has 0 N–H and O–H groups in total. The summed E-state index contributed by atoms with van der Waals surface area (Å²) < 4.78 is 124. The fourth-order valence-electron chi connectivity index (χ4n) is 5.08. The van der Waals surface area contributed by atoms with Crippen molar-refractivity contribution in [3.63, 3.8) is 0 Å². The van der Waals surface area contributed by atoms with Crippen LogP contribution in [0.25, 0.3) is 0 Å². The minimum atomic E-state index is -5.62. The molecule has 5 nitrogen and oxygen atoms in total. The van der Waals surface area contributed by atoms with Gasteiger partial charge in [-0.15, -0.1) is 0 Å². The van der Waals surface area contributed by atoms with Crippen LogP contribution in [-0.2, 0) is 24.4 Å². The van der Waals surface area contributed by atoms with E-state index >= 15 is 4.39 Å². The first-order valence-electron chi connectivity index (χ1n) is 10.1. The Bertz CT molecular complexity index is 1330. The Balaban J connectivity index is 1.97. The number of sulfone groups is 2. The summed E-state index contributed by atoms with van der Waals surface area (Å²) in [5.74, 6) is -6.91. The van der Waals surface area contributed by atoms with Gasteiger partial charge in [-0.25, -0.2) is 25.6 Å². The van der Waals surface area contributed by atoms with Crippen LogP contribution in [0.4, 0.5) is 22.0 Å². The van der Waals surface area contributed by atoms with E-state index in [4.69, 9.17) is 16.3 Å². The van der Waals surface area contributed by atoms with Crippen LogP contribution in [0.5, 0.6) is 5.75 Å². The summed E-state index contributed by atoms with van der Waals surface area (Å²) in [6.07, 6.45) is -0.355. The van der Waals surface area contributed by atoms with Gasteiger partial charge >= 0.3 is 5.51 Å². The van der Waals surface area contributed by atoms with Gasteiger partial charge in [-0.05, 0) is 55.2 Å². The molecule has 1 aliphatic heterocycles. The van der Waals surface area contributed by atoms with Crippen LogP contribution in [0.1, 0.15) is 24.8 Å². The second kappa shape index (κ2) is 8.34. The molecule has 1 fully saturated rings. The third-order valence-electron chi connectivity index (χ3n) is 6.57. The molecule has 2 aromatic carbocycles. The van der Waals surface area contributed by atoms with Crippen molar-refractivity contribution in [1.29, 1.82) is 0 Å². The third-order valence-corrected chi connectivity index (χ3v) is 11.0. The molecule has 3 atom stereocenters. The summed E-state index contributed by atoms with van der Waals surface area (Å²) in [5.41, 5.74) is -6.18. The van der Waals surface area contributed by atoms with Crippen molar-refractivity contribution >= 4 is 31.3 Å². The Hall–Kier alpha value is -1.92. The van der Waals surface area contributed by atoms with Gasteiger partial charge in [0.25, 0.3) is 0 Å². The number of alkyl halides is 3. The highest BCUT2D eigenvalue weighted by atomic mass is 35.5. The zero-order valence-corrected chi connectivity index (χ0v) is 19.7. The van der Waals surface area contributed by atoms with E-state index in [1.54, 1.807) is 0 Å². The Morgan fingerprint density at radius 2 is 1.62 bits per heavy atom. The number of rotatable bonds is 4. The van der Waals surface area contributed by atoms with Gasteiger partial charge in [0.2, 0.25) is 9.84 Å². The first-order valence-corrected chi connectivity index (χ1v) is 13.6. The lowest BCUT2D eigenvalue weighted by Crippen LogP contribution is -2.55. The van der Waals surface area contributed by atoms with Crippen LogP contribution in [0.3, 0.4) is 0 Å². The molecule has 0 saturated heterocycles. The number of ether oxygens (including phenoxy) is 1. The van der Waals surface area contributed by atoms with Gasteiger partial charge in [0, 0.05) is 10.9 Å². The minimum absolute atomic E-state index is 0.0310. The van der Waals surface area contributed by atoms with Crippen molar-refractivity contribution in [2.24, 2.45) is 11.8 Å². The van der Waals surface area contributed by atoms with E-state index in [9.17, 15) is 34.4 Å². The Morgan fingerprint density at radius 1 is 1.00 bits per heavy atom. The van der Waals surface area contributed by atoms with Gasteiger partial charge in [0.05, 0.1) is 22.8 Å². The molecule has 4 rings (SSSR count). The number of hydrogen-bond acceptors (Lipinski definition) is 5. The summed E-state index contributed by atoms with van der Waals surface area (Å²) in [5, 5.41) is 0.204. The van der Waals surface area contributed by atoms with Crippen molar-refractivity contribution in [1.82, 2.24) is 0 Å². The second-order valence-electron chi connectivity index (χ2n) is 8.38. The fraction of sp³-hybridized carbons (Fsp3) is 0.429. The summed E-state index contributed by atoms with van der Waals surface area (Å²) in [6, 6.07) is 6.34. The maximum Gasteiger partial charge on any atom is 0.497 e. The van der Waals surface area contributed by atoms with E-state index in [1.165, 1.54) is 12.1 Å². The molecule has 0 bridgehead atoms. The lowest BCUT2D eigenvalue weighted by atomic mass is 9.68. The van der Waals surface area contributed by atoms with E-state index in [2.05, 4.69) is 0 Å². The zero-order chi connectivity index (χ0) is 25.1. The Kier molecular flexibility index (Phi) is 6.17. The van der Waals surface area contributed by atoms with Crippen LogP contribution in [0, 0.1) is 23.5 Å². The van der Waals surface area contributed by atoms with E-state index in [0.717, 1.165) is 24.3 Å². The summed E-state index contributed by atoms with van der Waals surface area (Å²) in [6.45, 7) is -0.599. The van der Waals surface area contributed by atoms with Gasteiger partial charge in [-0.2, -0.15) is 13.2 Å². The molecule has 0 amide bonds. The summed E-state index contributed by atoms with van der Waals surface area (Å²) in [4.78, 5) is -0.308. The highest BCUT2D eigenvalue weighted by Crippen LogP contribution is 2.58. The van der Waals surface area contributed by atoms with Crippen molar-refractivity contribution in [3.8, 4) is 5.75 Å². The summed E-state index contributed by atoms with van der Waals surface area (Å²) >= 11 is 5.85. The van der Waals surface area contributed by atoms with Crippen LogP contribution >= 0.6 is 11.6 Å². The lowest BCUT2D eigenvalue weighted by Gasteiger charge is -2.50. The Labute approximate surface area is 197 Å². The molecular formula is C21H18ClF5O5S2. The normalized spacial score (nSPS) is 25.2. The van der Waals surface area contributed by atoms with Crippen LogP contribution in [0.15, 0.2) is 41.3 Å². The molecule has 1 aliphatic carbocycles. The van der Waals surface area contributed by atoms with Crippen LogP contribution in [-0.4, -0.2) is 34.7 Å². The maximum atomic E-state index is 15.2. The molecule has 2 aromatic rings. The van der Waals surface area contributed by atoms with Crippen LogP contribution < -0.4 is 4.74 Å². The Morgan fingerprint density at radius 3 is 2.24 bits per heavy atom. The number of fused-ring (bicyclic) bond motifs is 3. The topological polar surface area (TPSA) is 77.5 Å². The molecule has 1 saturated carbocycles. The molecule has 1 heterocycles. The standard InChI is InChI=1S/C21H18ClF5O5S2/c22-13-3-5-14(6-4-13)34(30,31)20-9-1-2-12(11-33(28,29)21(25,26)27)15(20)10-32-19-17(24)8-7-16(23)18(19)20/h3-8,12,15H,1-2,9-11H2/t12-,15-,20-/m0/s1. The van der Waals surface area contributed by atoms with Gasteiger partial charge in [0.1, 0.15) is 10.6 Å². The maximum absolute atomic E-state index is 15.2. The second-order valence-corrected chi connectivity index (χ2v) is 13.0. The smallest absolute Gasteiger partial charge is 0.490 e.